The van der Waals surface area contributed by atoms with Crippen LogP contribution in [0.5, 0.6) is 0 Å². The van der Waals surface area contributed by atoms with Crippen molar-refractivity contribution < 1.29 is 46.4 Å². The van der Waals surface area contributed by atoms with Crippen LogP contribution in [0.15, 0.2) is 72.8 Å². The first-order valence-electron chi connectivity index (χ1n) is 9.30. The second kappa shape index (κ2) is 7.42. The molecule has 1 aromatic heterocycles. The molecule has 4 aromatic rings. The number of alkyl halides is 6. The van der Waals surface area contributed by atoms with Crippen LogP contribution < -0.4 is 0 Å². The van der Waals surface area contributed by atoms with Crippen molar-refractivity contribution in [3.05, 3.63) is 90.0 Å². The standard InChI is InChI=1S/C24H12F6N.Ir/c25-23(26,27)22(24(28,29)30)18-7-3-2-6-16(18)17-11-9-15(13-19(17)22)21-12-10-14-5-1-4-8-20(14)31-21;/h1-8,10-13H;/q-1;. The number of rotatable bonds is 1. The van der Waals surface area contributed by atoms with E-state index in [9.17, 15) is 26.3 Å². The maximum absolute atomic E-state index is 14.3. The fourth-order valence-electron chi connectivity index (χ4n) is 4.35. The molecule has 1 nitrogen and oxygen atoms in total. The monoisotopic (exact) mass is 621 g/mol. The third-order valence-corrected chi connectivity index (χ3v) is 5.70. The number of para-hydroxylation sites is 1. The molecule has 0 spiro atoms. The normalized spacial score (nSPS) is 14.6. The van der Waals surface area contributed by atoms with Gasteiger partial charge in [0.15, 0.2) is 5.41 Å². The van der Waals surface area contributed by atoms with Crippen molar-refractivity contribution in [3.63, 3.8) is 0 Å². The van der Waals surface area contributed by atoms with Gasteiger partial charge in [0.1, 0.15) is 0 Å². The van der Waals surface area contributed by atoms with Crippen LogP contribution in [0.4, 0.5) is 26.3 Å². The maximum Gasteiger partial charge on any atom is 0.409 e. The van der Waals surface area contributed by atoms with Crippen LogP contribution in [0.25, 0.3) is 33.3 Å². The molecule has 1 aliphatic rings. The van der Waals surface area contributed by atoms with Crippen molar-refractivity contribution in [2.24, 2.45) is 0 Å². The fourth-order valence-corrected chi connectivity index (χ4v) is 4.35. The van der Waals surface area contributed by atoms with Gasteiger partial charge < -0.3 is 0 Å². The zero-order chi connectivity index (χ0) is 22.0. The molecule has 0 saturated carbocycles. The Hall–Kier alpha value is -2.70. The van der Waals surface area contributed by atoms with Gasteiger partial charge in [-0.1, -0.05) is 71.3 Å². The molecule has 8 heteroatoms. The first kappa shape index (κ1) is 22.5. The SMILES string of the molecule is FC(F)(F)C1(C(F)(F)F)c2ccccc2-c2c[c-]c(-c3ccc4ccccc4n3)cc21.[Ir]. The molecule has 0 atom stereocenters. The third-order valence-electron chi connectivity index (χ3n) is 5.70. The van der Waals surface area contributed by atoms with Gasteiger partial charge in [-0.15, -0.1) is 23.8 Å². The second-order valence-corrected chi connectivity index (χ2v) is 7.35. The Morgan fingerprint density at radius 3 is 2.09 bits per heavy atom. The van der Waals surface area contributed by atoms with E-state index in [4.69, 9.17) is 0 Å². The smallest absolute Gasteiger partial charge is 0.296 e. The minimum atomic E-state index is -5.60. The summed E-state index contributed by atoms with van der Waals surface area (Å²) in [7, 11) is 0. The van der Waals surface area contributed by atoms with E-state index in [0.717, 1.165) is 17.5 Å². The van der Waals surface area contributed by atoms with Crippen LogP contribution in [-0.4, -0.2) is 17.3 Å². The number of nitrogens with zero attached hydrogens (tertiary/aromatic N) is 1. The number of halogens is 6. The summed E-state index contributed by atoms with van der Waals surface area (Å²) < 4.78 is 85.6. The maximum atomic E-state index is 14.3. The summed E-state index contributed by atoms with van der Waals surface area (Å²) >= 11 is 0. The van der Waals surface area contributed by atoms with Crippen LogP contribution in [0.1, 0.15) is 11.1 Å². The molecule has 1 radical (unpaired) electrons. The molecule has 1 aliphatic carbocycles. The summed E-state index contributed by atoms with van der Waals surface area (Å²) in [5.41, 5.74) is -5.12. The van der Waals surface area contributed by atoms with Gasteiger partial charge in [-0.3, -0.25) is 4.98 Å². The predicted octanol–water partition coefficient (Wildman–Crippen LogP) is 7.09. The van der Waals surface area contributed by atoms with Crippen LogP contribution in [-0.2, 0) is 25.5 Å². The van der Waals surface area contributed by atoms with Gasteiger partial charge in [-0.05, 0) is 22.7 Å². The fraction of sp³-hybridized carbons (Fsp3) is 0.125. The zero-order valence-electron chi connectivity index (χ0n) is 16.0. The molecule has 0 N–H and O–H groups in total. The van der Waals surface area contributed by atoms with Crippen molar-refractivity contribution >= 4 is 10.9 Å². The van der Waals surface area contributed by atoms with Gasteiger partial charge in [0.05, 0.1) is 5.52 Å². The molecular formula is C24H12F6IrN-. The number of pyridine rings is 1. The van der Waals surface area contributed by atoms with E-state index in [1.54, 1.807) is 24.3 Å². The summed E-state index contributed by atoms with van der Waals surface area (Å²) in [6, 6.07) is 20.1. The molecular weight excluding hydrogens is 608 g/mol. The van der Waals surface area contributed by atoms with Crippen LogP contribution in [0, 0.1) is 6.07 Å². The molecule has 0 bridgehead atoms. The minimum Gasteiger partial charge on any atom is -0.296 e. The molecule has 0 fully saturated rings. The van der Waals surface area contributed by atoms with Crippen LogP contribution in [0.2, 0.25) is 0 Å². The Labute approximate surface area is 192 Å². The second-order valence-electron chi connectivity index (χ2n) is 7.35. The Morgan fingerprint density at radius 2 is 1.38 bits per heavy atom. The van der Waals surface area contributed by atoms with Crippen molar-refractivity contribution in [2.75, 3.05) is 0 Å². The molecule has 3 aromatic carbocycles. The van der Waals surface area contributed by atoms with E-state index in [1.165, 1.54) is 24.3 Å². The molecule has 0 aliphatic heterocycles. The average molecular weight is 621 g/mol. The van der Waals surface area contributed by atoms with E-state index >= 15 is 0 Å². The molecule has 0 unspecified atom stereocenters. The zero-order valence-corrected chi connectivity index (χ0v) is 18.4. The number of hydrogen-bond acceptors (Lipinski definition) is 1. The summed E-state index contributed by atoms with van der Waals surface area (Å²) in [6.45, 7) is 0. The number of hydrogen-bond donors (Lipinski definition) is 0. The van der Waals surface area contributed by atoms with Crippen molar-refractivity contribution in [1.82, 2.24) is 4.98 Å². The van der Waals surface area contributed by atoms with Gasteiger partial charge in [-0.2, -0.15) is 26.3 Å². The van der Waals surface area contributed by atoms with Crippen molar-refractivity contribution in [2.45, 2.75) is 17.8 Å². The predicted molar refractivity (Wildman–Crippen MR) is 104 cm³/mol. The van der Waals surface area contributed by atoms with Gasteiger partial charge in [0, 0.05) is 20.1 Å². The molecule has 0 saturated heterocycles. The largest absolute Gasteiger partial charge is 0.409 e. The summed E-state index contributed by atoms with van der Waals surface area (Å²) in [4.78, 5) is 4.40. The summed E-state index contributed by atoms with van der Waals surface area (Å²) in [5, 5.41) is 0.805. The summed E-state index contributed by atoms with van der Waals surface area (Å²) in [6.07, 6.45) is -11.2. The Kier molecular flexibility index (Phi) is 5.22. The average Bonchev–Trinajstić information content (AvgIpc) is 3.04. The van der Waals surface area contributed by atoms with E-state index in [-0.39, 0.29) is 42.5 Å². The molecule has 1 heterocycles. The number of fused-ring (bicyclic) bond motifs is 4. The Morgan fingerprint density at radius 1 is 0.719 bits per heavy atom. The quantitative estimate of drug-likeness (QED) is 0.164. The van der Waals surface area contributed by atoms with E-state index in [2.05, 4.69) is 11.1 Å². The number of aromatic nitrogens is 1. The molecule has 32 heavy (non-hydrogen) atoms. The minimum absolute atomic E-state index is 0. The molecule has 0 amide bonds. The topological polar surface area (TPSA) is 12.9 Å². The van der Waals surface area contributed by atoms with E-state index in [1.807, 2.05) is 12.1 Å². The van der Waals surface area contributed by atoms with Gasteiger partial charge in [0.25, 0.3) is 0 Å². The van der Waals surface area contributed by atoms with Gasteiger partial charge >= 0.3 is 12.4 Å². The first-order chi connectivity index (χ1) is 14.6. The molecule has 5 rings (SSSR count). The Balaban J connectivity index is 0.00000245. The van der Waals surface area contributed by atoms with E-state index in [0.29, 0.717) is 5.52 Å². The van der Waals surface area contributed by atoms with Gasteiger partial charge in [-0.25, -0.2) is 0 Å². The van der Waals surface area contributed by atoms with Crippen molar-refractivity contribution in [1.29, 1.82) is 0 Å². The number of benzene rings is 3. The van der Waals surface area contributed by atoms with Gasteiger partial charge in [0.2, 0.25) is 0 Å². The third kappa shape index (κ3) is 3.00. The molecule has 165 valence electrons. The van der Waals surface area contributed by atoms with Crippen molar-refractivity contribution in [3.8, 4) is 22.4 Å². The van der Waals surface area contributed by atoms with E-state index < -0.39 is 28.9 Å². The van der Waals surface area contributed by atoms with Crippen LogP contribution in [0.3, 0.4) is 0 Å². The summed E-state index contributed by atoms with van der Waals surface area (Å²) in [5.74, 6) is 0. The Bertz CT molecular complexity index is 1310. The first-order valence-corrected chi connectivity index (χ1v) is 9.30. The van der Waals surface area contributed by atoms with Crippen LogP contribution >= 0.6 is 0 Å².